The number of hydrogen-bond acceptors (Lipinski definition) is 5. The van der Waals surface area contributed by atoms with Crippen LogP contribution in [0.2, 0.25) is 0 Å². The molecule has 0 bridgehead atoms. The maximum absolute atomic E-state index is 6.02. The SMILES string of the molecule is CN=C(NCCCOC)NCc1ccccc1OCCN1CCOCC1. The van der Waals surface area contributed by atoms with Crippen LogP contribution in [0.3, 0.4) is 0 Å². The van der Waals surface area contributed by atoms with Crippen LogP contribution in [-0.2, 0) is 16.0 Å². The summed E-state index contributed by atoms with van der Waals surface area (Å²) in [6.45, 7) is 7.44. The molecular formula is C19H32N4O3. The van der Waals surface area contributed by atoms with Crippen LogP contribution in [0.1, 0.15) is 12.0 Å². The van der Waals surface area contributed by atoms with Gasteiger partial charge in [0.2, 0.25) is 0 Å². The van der Waals surface area contributed by atoms with Crippen molar-refractivity contribution in [3.05, 3.63) is 29.8 Å². The van der Waals surface area contributed by atoms with Crippen LogP contribution in [0.5, 0.6) is 5.75 Å². The van der Waals surface area contributed by atoms with Crippen LogP contribution in [0.25, 0.3) is 0 Å². The summed E-state index contributed by atoms with van der Waals surface area (Å²) in [5.41, 5.74) is 1.12. The first-order chi connectivity index (χ1) is 12.8. The third-order valence-corrected chi connectivity index (χ3v) is 4.23. The molecule has 0 aliphatic carbocycles. The average molecular weight is 364 g/mol. The van der Waals surface area contributed by atoms with Crippen LogP contribution >= 0.6 is 0 Å². The molecule has 1 aliphatic rings. The molecule has 0 aromatic heterocycles. The van der Waals surface area contributed by atoms with E-state index in [9.17, 15) is 0 Å². The van der Waals surface area contributed by atoms with E-state index in [0.29, 0.717) is 13.2 Å². The lowest BCUT2D eigenvalue weighted by Gasteiger charge is -2.26. The van der Waals surface area contributed by atoms with Crippen LogP contribution in [-0.4, -0.2) is 77.6 Å². The summed E-state index contributed by atoms with van der Waals surface area (Å²) in [5.74, 6) is 1.70. The Balaban J connectivity index is 1.76. The second-order valence-electron chi connectivity index (χ2n) is 6.11. The number of morpholine rings is 1. The summed E-state index contributed by atoms with van der Waals surface area (Å²) in [5, 5.41) is 6.61. The molecule has 7 nitrogen and oxygen atoms in total. The molecule has 0 radical (unpaired) electrons. The van der Waals surface area contributed by atoms with Crippen LogP contribution in [0, 0.1) is 0 Å². The van der Waals surface area contributed by atoms with Crippen molar-refractivity contribution < 1.29 is 14.2 Å². The standard InChI is InChI=1S/C19H32N4O3/c1-20-19(21-8-5-12-24-2)22-16-17-6-3-4-7-18(17)26-15-11-23-9-13-25-14-10-23/h3-4,6-7H,5,8-16H2,1-2H3,(H2,20,21,22). The van der Waals surface area contributed by atoms with Gasteiger partial charge < -0.3 is 24.8 Å². The molecule has 0 unspecified atom stereocenters. The fourth-order valence-electron chi connectivity index (χ4n) is 2.72. The van der Waals surface area contributed by atoms with Gasteiger partial charge in [-0.15, -0.1) is 0 Å². The van der Waals surface area contributed by atoms with Crippen molar-refractivity contribution in [1.29, 1.82) is 0 Å². The summed E-state index contributed by atoms with van der Waals surface area (Å²) < 4.78 is 16.5. The van der Waals surface area contributed by atoms with E-state index in [0.717, 1.165) is 69.7 Å². The first-order valence-corrected chi connectivity index (χ1v) is 9.27. The van der Waals surface area contributed by atoms with Gasteiger partial charge in [0.05, 0.1) is 13.2 Å². The number of para-hydroxylation sites is 1. The van der Waals surface area contributed by atoms with Crippen LogP contribution < -0.4 is 15.4 Å². The molecule has 2 N–H and O–H groups in total. The third kappa shape index (κ3) is 7.59. The summed E-state index contributed by atoms with van der Waals surface area (Å²) in [7, 11) is 3.49. The highest BCUT2D eigenvalue weighted by Gasteiger charge is 2.10. The Morgan fingerprint density at radius 3 is 2.77 bits per heavy atom. The van der Waals surface area contributed by atoms with Crippen molar-refractivity contribution in [2.75, 3.05) is 66.8 Å². The smallest absolute Gasteiger partial charge is 0.191 e. The predicted octanol–water partition coefficient (Wildman–Crippen LogP) is 1.10. The number of nitrogens with one attached hydrogen (secondary N) is 2. The number of benzene rings is 1. The van der Waals surface area contributed by atoms with E-state index < -0.39 is 0 Å². The number of nitrogens with zero attached hydrogens (tertiary/aromatic N) is 2. The van der Waals surface area contributed by atoms with E-state index in [4.69, 9.17) is 14.2 Å². The molecule has 0 spiro atoms. The van der Waals surface area contributed by atoms with Crippen LogP contribution in [0.4, 0.5) is 0 Å². The number of rotatable bonds is 10. The second kappa shape index (κ2) is 12.5. The molecular weight excluding hydrogens is 332 g/mol. The zero-order valence-electron chi connectivity index (χ0n) is 16.0. The molecule has 146 valence electrons. The molecule has 1 fully saturated rings. The zero-order chi connectivity index (χ0) is 18.5. The monoisotopic (exact) mass is 364 g/mol. The minimum absolute atomic E-state index is 0.664. The van der Waals surface area contributed by atoms with Crippen molar-refractivity contribution >= 4 is 5.96 Å². The van der Waals surface area contributed by atoms with Gasteiger partial charge >= 0.3 is 0 Å². The number of aliphatic imine (C=N–C) groups is 1. The summed E-state index contributed by atoms with van der Waals surface area (Å²) in [6.07, 6.45) is 0.943. The average Bonchev–Trinajstić information content (AvgIpc) is 2.69. The molecule has 0 saturated carbocycles. The summed E-state index contributed by atoms with van der Waals surface area (Å²) in [4.78, 5) is 6.62. The minimum atomic E-state index is 0.664. The minimum Gasteiger partial charge on any atom is -0.492 e. The fraction of sp³-hybridized carbons (Fsp3) is 0.632. The van der Waals surface area contributed by atoms with E-state index in [-0.39, 0.29) is 0 Å². The molecule has 0 amide bonds. The Morgan fingerprint density at radius 2 is 2.00 bits per heavy atom. The Kier molecular flexibility index (Phi) is 9.86. The summed E-state index contributed by atoms with van der Waals surface area (Å²) in [6, 6.07) is 8.13. The van der Waals surface area contributed by atoms with Crippen molar-refractivity contribution in [3.63, 3.8) is 0 Å². The Labute approximate surface area is 156 Å². The normalized spacial score (nSPS) is 15.7. The molecule has 1 heterocycles. The van der Waals surface area contributed by atoms with E-state index >= 15 is 0 Å². The number of ether oxygens (including phenoxy) is 3. The molecule has 1 saturated heterocycles. The van der Waals surface area contributed by atoms with Gasteiger partial charge in [0.25, 0.3) is 0 Å². The van der Waals surface area contributed by atoms with E-state index in [1.807, 2.05) is 18.2 Å². The highest BCUT2D eigenvalue weighted by Crippen LogP contribution is 2.17. The molecule has 2 rings (SSSR count). The first kappa shape index (κ1) is 20.5. The Bertz CT molecular complexity index is 533. The molecule has 7 heteroatoms. The predicted molar refractivity (Wildman–Crippen MR) is 104 cm³/mol. The fourth-order valence-corrected chi connectivity index (χ4v) is 2.72. The Hall–Kier alpha value is -1.83. The number of guanidine groups is 1. The van der Waals surface area contributed by atoms with Gasteiger partial charge in [-0.1, -0.05) is 18.2 Å². The zero-order valence-corrected chi connectivity index (χ0v) is 16.0. The number of hydrogen-bond donors (Lipinski definition) is 2. The lowest BCUT2D eigenvalue weighted by Crippen LogP contribution is -2.39. The molecule has 0 atom stereocenters. The van der Waals surface area contributed by atoms with Crippen LogP contribution in [0.15, 0.2) is 29.3 Å². The van der Waals surface area contributed by atoms with Crippen molar-refractivity contribution in [2.45, 2.75) is 13.0 Å². The second-order valence-corrected chi connectivity index (χ2v) is 6.11. The lowest BCUT2D eigenvalue weighted by atomic mass is 10.2. The Morgan fingerprint density at radius 1 is 1.19 bits per heavy atom. The molecule has 1 aromatic rings. The highest BCUT2D eigenvalue weighted by molar-refractivity contribution is 5.79. The molecule has 1 aliphatic heterocycles. The lowest BCUT2D eigenvalue weighted by molar-refractivity contribution is 0.0322. The maximum Gasteiger partial charge on any atom is 0.191 e. The van der Waals surface area contributed by atoms with Gasteiger partial charge in [-0.05, 0) is 12.5 Å². The summed E-state index contributed by atoms with van der Waals surface area (Å²) >= 11 is 0. The molecule has 26 heavy (non-hydrogen) atoms. The van der Waals surface area contributed by atoms with E-state index in [2.05, 4.69) is 26.6 Å². The van der Waals surface area contributed by atoms with Gasteiger partial charge in [-0.25, -0.2) is 0 Å². The van der Waals surface area contributed by atoms with E-state index in [1.165, 1.54) is 0 Å². The maximum atomic E-state index is 6.02. The van der Waals surface area contributed by atoms with Gasteiger partial charge in [0.15, 0.2) is 5.96 Å². The van der Waals surface area contributed by atoms with E-state index in [1.54, 1.807) is 14.2 Å². The van der Waals surface area contributed by atoms with Crippen molar-refractivity contribution in [2.24, 2.45) is 4.99 Å². The van der Waals surface area contributed by atoms with Gasteiger partial charge in [0, 0.05) is 59.1 Å². The first-order valence-electron chi connectivity index (χ1n) is 9.27. The number of methoxy groups -OCH3 is 1. The third-order valence-electron chi connectivity index (χ3n) is 4.23. The van der Waals surface area contributed by atoms with Gasteiger partial charge in [0.1, 0.15) is 12.4 Å². The topological polar surface area (TPSA) is 67.4 Å². The molecule has 1 aromatic carbocycles. The highest BCUT2D eigenvalue weighted by atomic mass is 16.5. The van der Waals surface area contributed by atoms with Gasteiger partial charge in [-0.3, -0.25) is 9.89 Å². The van der Waals surface area contributed by atoms with Gasteiger partial charge in [-0.2, -0.15) is 0 Å². The quantitative estimate of drug-likeness (QED) is 0.368. The largest absolute Gasteiger partial charge is 0.492 e. The van der Waals surface area contributed by atoms with Crippen molar-refractivity contribution in [1.82, 2.24) is 15.5 Å². The van der Waals surface area contributed by atoms with Crippen molar-refractivity contribution in [3.8, 4) is 5.75 Å².